The molecule has 3 rings (SSSR count). The highest BCUT2D eigenvalue weighted by molar-refractivity contribution is 7.89. The van der Waals surface area contributed by atoms with Gasteiger partial charge in [0.05, 0.1) is 4.90 Å². The molecule has 2 aromatic carbocycles. The maximum absolute atomic E-state index is 12.8. The average molecular weight is 372 g/mol. The van der Waals surface area contributed by atoms with Crippen molar-refractivity contribution in [2.75, 3.05) is 18.4 Å². The van der Waals surface area contributed by atoms with Gasteiger partial charge in [-0.25, -0.2) is 8.42 Å². The molecule has 0 saturated carbocycles. The summed E-state index contributed by atoms with van der Waals surface area (Å²) in [6, 6.07) is 14.7. The minimum atomic E-state index is -3.50. The number of carbonyl (C=O) groups is 1. The van der Waals surface area contributed by atoms with Crippen molar-refractivity contribution >= 4 is 21.6 Å². The van der Waals surface area contributed by atoms with E-state index in [0.717, 1.165) is 16.8 Å². The quantitative estimate of drug-likeness (QED) is 0.895. The van der Waals surface area contributed by atoms with Gasteiger partial charge < -0.3 is 5.32 Å². The molecule has 1 fully saturated rings. The second-order valence-electron chi connectivity index (χ2n) is 6.80. The number of rotatable bonds is 4. The monoisotopic (exact) mass is 372 g/mol. The topological polar surface area (TPSA) is 66.5 Å². The van der Waals surface area contributed by atoms with Crippen LogP contribution in [0.25, 0.3) is 0 Å². The Balaban J connectivity index is 1.64. The van der Waals surface area contributed by atoms with E-state index in [9.17, 15) is 13.2 Å². The van der Waals surface area contributed by atoms with Crippen molar-refractivity contribution in [1.29, 1.82) is 0 Å². The first-order valence-electron chi connectivity index (χ1n) is 8.81. The number of carbonyl (C=O) groups excluding carboxylic acids is 1. The minimum absolute atomic E-state index is 0.0384. The molecule has 1 N–H and O–H groups in total. The van der Waals surface area contributed by atoms with E-state index < -0.39 is 10.0 Å². The third kappa shape index (κ3) is 3.97. The Bertz CT molecular complexity index is 901. The fourth-order valence-corrected chi connectivity index (χ4v) is 5.01. The maximum atomic E-state index is 12.8. The zero-order valence-electron chi connectivity index (χ0n) is 15.1. The predicted octanol–water partition coefficient (Wildman–Crippen LogP) is 3.34. The van der Waals surface area contributed by atoms with Crippen molar-refractivity contribution in [3.63, 3.8) is 0 Å². The number of benzene rings is 2. The molecule has 0 unspecified atom stereocenters. The standard InChI is InChI=1S/C20H24N2O3S/c1-15-6-5-8-18(14-15)21-20(23)17-10-12-22(13-11-17)26(24,25)19-9-4-3-7-16(19)2/h3-9,14,17H,10-13H2,1-2H3,(H,21,23). The number of hydrogen-bond acceptors (Lipinski definition) is 3. The lowest BCUT2D eigenvalue weighted by Crippen LogP contribution is -2.41. The van der Waals surface area contributed by atoms with E-state index in [1.807, 2.05) is 37.3 Å². The zero-order valence-corrected chi connectivity index (χ0v) is 15.9. The normalized spacial score (nSPS) is 16.4. The van der Waals surface area contributed by atoms with Gasteiger partial charge in [-0.05, 0) is 56.0 Å². The molecule has 6 heteroatoms. The van der Waals surface area contributed by atoms with Crippen molar-refractivity contribution < 1.29 is 13.2 Å². The zero-order chi connectivity index (χ0) is 18.7. The van der Waals surface area contributed by atoms with Crippen LogP contribution in [0.1, 0.15) is 24.0 Å². The lowest BCUT2D eigenvalue weighted by molar-refractivity contribution is -0.120. The van der Waals surface area contributed by atoms with Crippen LogP contribution in [-0.4, -0.2) is 31.7 Å². The molecule has 0 aromatic heterocycles. The van der Waals surface area contributed by atoms with Crippen molar-refractivity contribution in [2.24, 2.45) is 5.92 Å². The van der Waals surface area contributed by atoms with E-state index in [4.69, 9.17) is 0 Å². The fourth-order valence-electron chi connectivity index (χ4n) is 3.31. The molecule has 0 aliphatic carbocycles. The summed E-state index contributed by atoms with van der Waals surface area (Å²) >= 11 is 0. The Labute approximate surface area is 155 Å². The van der Waals surface area contributed by atoms with Crippen LogP contribution in [0.15, 0.2) is 53.4 Å². The van der Waals surface area contributed by atoms with Crippen molar-refractivity contribution in [3.8, 4) is 0 Å². The second kappa shape index (κ2) is 7.60. The van der Waals surface area contributed by atoms with Gasteiger partial charge in [0.25, 0.3) is 0 Å². The second-order valence-corrected chi connectivity index (χ2v) is 8.71. The lowest BCUT2D eigenvalue weighted by Gasteiger charge is -2.31. The first-order valence-corrected chi connectivity index (χ1v) is 10.3. The first-order chi connectivity index (χ1) is 12.4. The molecule has 1 aliphatic rings. The van der Waals surface area contributed by atoms with Gasteiger partial charge in [0, 0.05) is 24.7 Å². The average Bonchev–Trinajstić information content (AvgIpc) is 2.62. The van der Waals surface area contributed by atoms with Crippen LogP contribution in [0.3, 0.4) is 0 Å². The molecule has 1 aliphatic heterocycles. The van der Waals surface area contributed by atoms with Gasteiger partial charge in [0.15, 0.2) is 0 Å². The van der Waals surface area contributed by atoms with Crippen molar-refractivity contribution in [3.05, 3.63) is 59.7 Å². The van der Waals surface area contributed by atoms with Gasteiger partial charge in [-0.2, -0.15) is 4.31 Å². The number of nitrogens with zero attached hydrogens (tertiary/aromatic N) is 1. The summed E-state index contributed by atoms with van der Waals surface area (Å²) < 4.78 is 27.2. The molecular formula is C20H24N2O3S. The Morgan fingerprint density at radius 3 is 2.38 bits per heavy atom. The molecule has 1 heterocycles. The molecule has 0 radical (unpaired) electrons. The summed E-state index contributed by atoms with van der Waals surface area (Å²) in [5, 5.41) is 2.94. The van der Waals surface area contributed by atoms with E-state index in [0.29, 0.717) is 30.8 Å². The van der Waals surface area contributed by atoms with E-state index in [1.165, 1.54) is 4.31 Å². The molecule has 138 valence electrons. The SMILES string of the molecule is Cc1cccc(NC(=O)C2CCN(S(=O)(=O)c3ccccc3C)CC2)c1. The maximum Gasteiger partial charge on any atom is 0.243 e. The van der Waals surface area contributed by atoms with Crippen LogP contribution in [-0.2, 0) is 14.8 Å². The van der Waals surface area contributed by atoms with Crippen LogP contribution in [0.4, 0.5) is 5.69 Å². The van der Waals surface area contributed by atoms with Crippen LogP contribution in [0, 0.1) is 19.8 Å². The first kappa shape index (κ1) is 18.6. The smallest absolute Gasteiger partial charge is 0.243 e. The summed E-state index contributed by atoms with van der Waals surface area (Å²) in [7, 11) is -3.50. The molecule has 26 heavy (non-hydrogen) atoms. The molecule has 0 bridgehead atoms. The van der Waals surface area contributed by atoms with E-state index in [1.54, 1.807) is 25.1 Å². The Hall–Kier alpha value is -2.18. The fraction of sp³-hybridized carbons (Fsp3) is 0.350. The van der Waals surface area contributed by atoms with Crippen LogP contribution in [0.5, 0.6) is 0 Å². The lowest BCUT2D eigenvalue weighted by atomic mass is 9.97. The van der Waals surface area contributed by atoms with Gasteiger partial charge in [-0.3, -0.25) is 4.79 Å². The number of sulfonamides is 1. The number of amides is 1. The van der Waals surface area contributed by atoms with Crippen LogP contribution < -0.4 is 5.32 Å². The molecule has 5 nitrogen and oxygen atoms in total. The van der Waals surface area contributed by atoms with Gasteiger partial charge in [-0.15, -0.1) is 0 Å². The third-order valence-electron chi connectivity index (χ3n) is 4.82. The Kier molecular flexibility index (Phi) is 5.44. The number of aryl methyl sites for hydroxylation is 2. The van der Waals surface area contributed by atoms with Gasteiger partial charge in [-0.1, -0.05) is 30.3 Å². The molecular weight excluding hydrogens is 348 g/mol. The largest absolute Gasteiger partial charge is 0.326 e. The van der Waals surface area contributed by atoms with E-state index in [2.05, 4.69) is 5.32 Å². The van der Waals surface area contributed by atoms with Gasteiger partial charge in [0.2, 0.25) is 15.9 Å². The molecule has 1 saturated heterocycles. The molecule has 1 amide bonds. The number of piperidine rings is 1. The third-order valence-corrected chi connectivity index (χ3v) is 6.88. The summed E-state index contributed by atoms with van der Waals surface area (Å²) in [4.78, 5) is 12.8. The summed E-state index contributed by atoms with van der Waals surface area (Å²) in [6.45, 7) is 4.50. The Morgan fingerprint density at radius 2 is 1.73 bits per heavy atom. The Morgan fingerprint density at radius 1 is 1.04 bits per heavy atom. The number of nitrogens with one attached hydrogen (secondary N) is 1. The van der Waals surface area contributed by atoms with Crippen LogP contribution >= 0.6 is 0 Å². The highest BCUT2D eigenvalue weighted by Crippen LogP contribution is 2.26. The van der Waals surface area contributed by atoms with Gasteiger partial charge >= 0.3 is 0 Å². The summed E-state index contributed by atoms with van der Waals surface area (Å²) in [5.41, 5.74) is 2.61. The highest BCUT2D eigenvalue weighted by atomic mass is 32.2. The summed E-state index contributed by atoms with van der Waals surface area (Å²) in [5.74, 6) is -0.206. The molecule has 2 aromatic rings. The van der Waals surface area contributed by atoms with Crippen LogP contribution in [0.2, 0.25) is 0 Å². The van der Waals surface area contributed by atoms with E-state index >= 15 is 0 Å². The molecule has 0 atom stereocenters. The highest BCUT2D eigenvalue weighted by Gasteiger charge is 2.32. The van der Waals surface area contributed by atoms with Gasteiger partial charge in [0.1, 0.15) is 0 Å². The number of anilines is 1. The van der Waals surface area contributed by atoms with Crippen molar-refractivity contribution in [2.45, 2.75) is 31.6 Å². The van der Waals surface area contributed by atoms with Crippen molar-refractivity contribution in [1.82, 2.24) is 4.31 Å². The molecule has 0 spiro atoms. The van der Waals surface area contributed by atoms with E-state index in [-0.39, 0.29) is 11.8 Å². The number of hydrogen-bond donors (Lipinski definition) is 1. The predicted molar refractivity (Wildman–Crippen MR) is 102 cm³/mol. The minimum Gasteiger partial charge on any atom is -0.326 e. The summed E-state index contributed by atoms with van der Waals surface area (Å²) in [6.07, 6.45) is 1.06.